The Bertz CT molecular complexity index is 741. The van der Waals surface area contributed by atoms with Crippen molar-refractivity contribution in [1.29, 1.82) is 0 Å². The van der Waals surface area contributed by atoms with Gasteiger partial charge in [0, 0.05) is 24.7 Å². The lowest BCUT2D eigenvalue weighted by atomic mass is 10.1. The van der Waals surface area contributed by atoms with Crippen LogP contribution in [0.15, 0.2) is 47.5 Å². The number of aliphatic imine (C=N–C) groups is 1. The van der Waals surface area contributed by atoms with Gasteiger partial charge >= 0.3 is 0 Å². The number of hydrogen-bond acceptors (Lipinski definition) is 3. The van der Waals surface area contributed by atoms with Crippen LogP contribution in [0.3, 0.4) is 0 Å². The van der Waals surface area contributed by atoms with Crippen molar-refractivity contribution in [2.24, 2.45) is 4.99 Å². The molecule has 2 aromatic rings. The standard InChI is InChI=1S/C20H26ClN3O2.HI/c1-3-22-20(23-11-9-15-5-4-6-17(21)13-15)24-12-10-16-7-8-18(25)19(14-16)26-2;/h4-8,13-14,25H,3,9-12H2,1-2H3,(H2,22,23,24);1H. The zero-order valence-electron chi connectivity index (χ0n) is 15.7. The molecule has 0 unspecified atom stereocenters. The number of nitrogens with zero attached hydrogens (tertiary/aromatic N) is 1. The number of aromatic hydroxyl groups is 1. The van der Waals surface area contributed by atoms with Gasteiger partial charge in [0.05, 0.1) is 7.11 Å². The minimum absolute atomic E-state index is 0. The molecule has 0 amide bonds. The molecule has 0 atom stereocenters. The van der Waals surface area contributed by atoms with Crippen molar-refractivity contribution in [3.63, 3.8) is 0 Å². The highest BCUT2D eigenvalue weighted by Crippen LogP contribution is 2.26. The van der Waals surface area contributed by atoms with Gasteiger partial charge < -0.3 is 20.5 Å². The lowest BCUT2D eigenvalue weighted by molar-refractivity contribution is 0.373. The Balaban J connectivity index is 0.00000364. The van der Waals surface area contributed by atoms with Crippen molar-refractivity contribution in [3.05, 3.63) is 58.6 Å². The van der Waals surface area contributed by atoms with E-state index in [1.54, 1.807) is 13.2 Å². The number of guanidine groups is 1. The molecule has 0 aliphatic rings. The third-order valence-electron chi connectivity index (χ3n) is 3.85. The van der Waals surface area contributed by atoms with E-state index in [4.69, 9.17) is 16.3 Å². The second-order valence-corrected chi connectivity index (χ2v) is 6.26. The van der Waals surface area contributed by atoms with Gasteiger partial charge in [0.1, 0.15) is 0 Å². The fourth-order valence-corrected chi connectivity index (χ4v) is 2.75. The van der Waals surface area contributed by atoms with Crippen LogP contribution >= 0.6 is 35.6 Å². The van der Waals surface area contributed by atoms with Gasteiger partial charge in [0.2, 0.25) is 0 Å². The van der Waals surface area contributed by atoms with Crippen molar-refractivity contribution in [3.8, 4) is 11.5 Å². The molecule has 27 heavy (non-hydrogen) atoms. The maximum atomic E-state index is 9.65. The van der Waals surface area contributed by atoms with Crippen molar-refractivity contribution >= 4 is 41.5 Å². The molecule has 0 fully saturated rings. The number of rotatable bonds is 8. The van der Waals surface area contributed by atoms with E-state index >= 15 is 0 Å². The van der Waals surface area contributed by atoms with Crippen molar-refractivity contribution in [1.82, 2.24) is 10.6 Å². The number of methoxy groups -OCH3 is 1. The Morgan fingerprint density at radius 3 is 2.59 bits per heavy atom. The Labute approximate surface area is 183 Å². The van der Waals surface area contributed by atoms with E-state index in [0.29, 0.717) is 12.3 Å². The van der Waals surface area contributed by atoms with E-state index in [1.165, 1.54) is 5.56 Å². The molecule has 2 aromatic carbocycles. The molecule has 0 aliphatic heterocycles. The fraction of sp³-hybridized carbons (Fsp3) is 0.350. The number of phenols is 1. The zero-order valence-corrected chi connectivity index (χ0v) is 18.8. The van der Waals surface area contributed by atoms with Crippen LogP contribution < -0.4 is 15.4 Å². The molecular weight excluding hydrogens is 477 g/mol. The first-order valence-electron chi connectivity index (χ1n) is 8.75. The van der Waals surface area contributed by atoms with Crippen LogP contribution in [0, 0.1) is 0 Å². The summed E-state index contributed by atoms with van der Waals surface area (Å²) in [5.74, 6) is 1.43. The van der Waals surface area contributed by atoms with Crippen LogP contribution in [0.5, 0.6) is 11.5 Å². The predicted octanol–water partition coefficient (Wildman–Crippen LogP) is 4.01. The summed E-state index contributed by atoms with van der Waals surface area (Å²) >= 11 is 6.01. The van der Waals surface area contributed by atoms with E-state index < -0.39 is 0 Å². The summed E-state index contributed by atoms with van der Waals surface area (Å²) < 4.78 is 5.14. The first-order chi connectivity index (χ1) is 12.6. The van der Waals surface area contributed by atoms with Crippen molar-refractivity contribution < 1.29 is 9.84 Å². The second-order valence-electron chi connectivity index (χ2n) is 5.82. The molecule has 0 heterocycles. The normalized spacial score (nSPS) is 10.9. The summed E-state index contributed by atoms with van der Waals surface area (Å²) in [7, 11) is 1.55. The quantitative estimate of drug-likeness (QED) is 0.289. The van der Waals surface area contributed by atoms with Crippen LogP contribution in [-0.2, 0) is 12.8 Å². The van der Waals surface area contributed by atoms with Crippen molar-refractivity contribution in [2.75, 3.05) is 26.7 Å². The smallest absolute Gasteiger partial charge is 0.191 e. The van der Waals surface area contributed by atoms with Crippen LogP contribution in [0.2, 0.25) is 5.02 Å². The summed E-state index contributed by atoms with van der Waals surface area (Å²) in [5, 5.41) is 17.0. The number of ether oxygens (including phenoxy) is 1. The van der Waals surface area contributed by atoms with E-state index in [0.717, 1.165) is 42.5 Å². The Hall–Kier alpha value is -1.67. The third-order valence-corrected chi connectivity index (χ3v) is 4.09. The summed E-state index contributed by atoms with van der Waals surface area (Å²) in [6.45, 7) is 4.26. The highest BCUT2D eigenvalue weighted by Gasteiger charge is 2.03. The molecule has 0 radical (unpaired) electrons. The summed E-state index contributed by atoms with van der Waals surface area (Å²) in [5.41, 5.74) is 2.26. The van der Waals surface area contributed by atoms with E-state index in [9.17, 15) is 5.11 Å². The molecular formula is C20H27ClIN3O2. The van der Waals surface area contributed by atoms with Gasteiger partial charge in [-0.15, -0.1) is 24.0 Å². The monoisotopic (exact) mass is 503 g/mol. The third kappa shape index (κ3) is 8.26. The van der Waals surface area contributed by atoms with E-state index in [2.05, 4.69) is 21.7 Å². The van der Waals surface area contributed by atoms with Gasteiger partial charge in [-0.25, -0.2) is 0 Å². The first-order valence-corrected chi connectivity index (χ1v) is 9.12. The van der Waals surface area contributed by atoms with Crippen LogP contribution in [0.25, 0.3) is 0 Å². The van der Waals surface area contributed by atoms with Crippen LogP contribution in [0.1, 0.15) is 18.1 Å². The van der Waals surface area contributed by atoms with Gasteiger partial charge in [-0.2, -0.15) is 0 Å². The predicted molar refractivity (Wildman–Crippen MR) is 123 cm³/mol. The molecule has 0 aliphatic carbocycles. The molecule has 3 N–H and O–H groups in total. The molecule has 5 nitrogen and oxygen atoms in total. The van der Waals surface area contributed by atoms with Crippen molar-refractivity contribution in [2.45, 2.75) is 19.8 Å². The topological polar surface area (TPSA) is 65.9 Å². The molecule has 7 heteroatoms. The average Bonchev–Trinajstić information content (AvgIpc) is 2.63. The second kappa shape index (κ2) is 12.7. The van der Waals surface area contributed by atoms with E-state index in [-0.39, 0.29) is 29.7 Å². The van der Waals surface area contributed by atoms with Gasteiger partial charge in [0.15, 0.2) is 17.5 Å². The van der Waals surface area contributed by atoms with Gasteiger partial charge in [-0.3, -0.25) is 4.99 Å². The van der Waals surface area contributed by atoms with Gasteiger partial charge in [-0.05, 0) is 55.2 Å². The molecule has 0 aromatic heterocycles. The summed E-state index contributed by atoms with van der Waals surface area (Å²) in [4.78, 5) is 4.60. The Morgan fingerprint density at radius 2 is 1.89 bits per heavy atom. The number of phenolic OH excluding ortho intramolecular Hbond substituents is 1. The fourth-order valence-electron chi connectivity index (χ4n) is 2.53. The van der Waals surface area contributed by atoms with Crippen LogP contribution in [-0.4, -0.2) is 37.8 Å². The number of nitrogens with one attached hydrogen (secondary N) is 2. The molecule has 2 rings (SSSR count). The number of halogens is 2. The largest absolute Gasteiger partial charge is 0.504 e. The highest BCUT2D eigenvalue weighted by atomic mass is 127. The van der Waals surface area contributed by atoms with Gasteiger partial charge in [-0.1, -0.05) is 29.8 Å². The number of benzene rings is 2. The molecule has 148 valence electrons. The van der Waals surface area contributed by atoms with Gasteiger partial charge in [0.25, 0.3) is 0 Å². The minimum atomic E-state index is 0. The first kappa shape index (κ1) is 23.4. The Kier molecular flexibility index (Phi) is 11.0. The lowest BCUT2D eigenvalue weighted by Gasteiger charge is -2.11. The average molecular weight is 504 g/mol. The SMILES string of the molecule is CCNC(=NCCc1ccc(O)c(OC)c1)NCCc1cccc(Cl)c1.I. The summed E-state index contributed by atoms with van der Waals surface area (Å²) in [6.07, 6.45) is 1.64. The molecule has 0 saturated heterocycles. The van der Waals surface area contributed by atoms with E-state index in [1.807, 2.05) is 37.3 Å². The highest BCUT2D eigenvalue weighted by molar-refractivity contribution is 14.0. The number of hydrogen-bond donors (Lipinski definition) is 3. The summed E-state index contributed by atoms with van der Waals surface area (Å²) in [6, 6.07) is 13.2. The zero-order chi connectivity index (χ0) is 18.8. The molecule has 0 saturated carbocycles. The molecule has 0 bridgehead atoms. The Morgan fingerprint density at radius 1 is 1.11 bits per heavy atom. The lowest BCUT2D eigenvalue weighted by Crippen LogP contribution is -2.38. The maximum Gasteiger partial charge on any atom is 0.191 e. The maximum absolute atomic E-state index is 9.65. The minimum Gasteiger partial charge on any atom is -0.504 e. The molecule has 0 spiro atoms. The van der Waals surface area contributed by atoms with Crippen LogP contribution in [0.4, 0.5) is 0 Å².